The molecule has 3 aromatic carbocycles. The fraction of sp³-hybridized carbons (Fsp3) is 0.133. The Hall–Kier alpha value is -5.01. The number of fused-ring (bicyclic) bond motifs is 1. The first-order chi connectivity index (χ1) is 19.3. The lowest BCUT2D eigenvalue weighted by atomic mass is 10.1. The third kappa shape index (κ3) is 5.70. The van der Waals surface area contributed by atoms with Crippen LogP contribution < -0.4 is 14.8 Å². The smallest absolute Gasteiger partial charge is 0.269 e. The van der Waals surface area contributed by atoms with E-state index in [9.17, 15) is 20.2 Å². The lowest BCUT2D eigenvalue weighted by Gasteiger charge is -2.11. The Bertz CT molecular complexity index is 1670. The Morgan fingerprint density at radius 2 is 1.73 bits per heavy atom. The number of rotatable bonds is 8. The molecular weight excluding hydrogens is 528 g/mol. The molecule has 0 saturated carbocycles. The number of ether oxygens (including phenoxy) is 2. The number of non-ortho nitro benzene ring substituents is 1. The number of aryl methyl sites for hydroxylation is 1. The van der Waals surface area contributed by atoms with Crippen LogP contribution in [0.3, 0.4) is 0 Å². The molecule has 0 radical (unpaired) electrons. The van der Waals surface area contributed by atoms with E-state index in [0.29, 0.717) is 11.5 Å². The van der Waals surface area contributed by atoms with Crippen LogP contribution in [0.15, 0.2) is 88.2 Å². The van der Waals surface area contributed by atoms with E-state index < -0.39 is 10.8 Å². The van der Waals surface area contributed by atoms with Crippen LogP contribution in [0.5, 0.6) is 11.5 Å². The minimum absolute atomic E-state index is 0.0100. The first-order valence-corrected chi connectivity index (χ1v) is 13.1. The maximum atomic E-state index is 12.8. The Morgan fingerprint density at radius 1 is 1.05 bits per heavy atom. The second-order valence-electron chi connectivity index (χ2n) is 9.05. The number of hydrogen-bond donors (Lipinski definition) is 1. The predicted molar refractivity (Wildman–Crippen MR) is 150 cm³/mol. The van der Waals surface area contributed by atoms with Crippen LogP contribution in [0.25, 0.3) is 11.8 Å². The molecule has 2 heterocycles. The van der Waals surface area contributed by atoms with Gasteiger partial charge in [-0.15, -0.1) is 0 Å². The van der Waals surface area contributed by atoms with Gasteiger partial charge in [-0.25, -0.2) is 0 Å². The number of nitrogens with one attached hydrogen (secondary N) is 1. The number of carbonyl (C=O) groups is 1. The number of nitro benzene ring substituents is 1. The maximum absolute atomic E-state index is 12.8. The highest BCUT2D eigenvalue weighted by Crippen LogP contribution is 2.33. The molecule has 0 atom stereocenters. The number of nitrogens with zero attached hydrogens (tertiary/aromatic N) is 3. The third-order valence-electron chi connectivity index (χ3n) is 6.40. The summed E-state index contributed by atoms with van der Waals surface area (Å²) in [5.74, 6) is 0.840. The van der Waals surface area contributed by atoms with Crippen molar-refractivity contribution in [1.29, 1.82) is 5.26 Å². The summed E-state index contributed by atoms with van der Waals surface area (Å²) in [6.07, 6.45) is 1.60. The van der Waals surface area contributed by atoms with Gasteiger partial charge in [0.2, 0.25) is 6.79 Å². The minimum atomic E-state index is -0.461. The summed E-state index contributed by atoms with van der Waals surface area (Å²) in [7, 11) is 0. The van der Waals surface area contributed by atoms with Crippen molar-refractivity contribution < 1.29 is 19.2 Å². The van der Waals surface area contributed by atoms with Gasteiger partial charge in [0.05, 0.1) is 4.92 Å². The Kier molecular flexibility index (Phi) is 7.57. The van der Waals surface area contributed by atoms with E-state index in [0.717, 1.165) is 38.0 Å². The summed E-state index contributed by atoms with van der Waals surface area (Å²) in [5, 5.41) is 23.4. The molecule has 0 spiro atoms. The summed E-state index contributed by atoms with van der Waals surface area (Å²) in [5.41, 5.74) is 4.47. The Labute approximate surface area is 234 Å². The molecular formula is C30H24N4O5S. The zero-order valence-corrected chi connectivity index (χ0v) is 22.5. The highest BCUT2D eigenvalue weighted by Gasteiger charge is 2.16. The van der Waals surface area contributed by atoms with Crippen LogP contribution in [0.4, 0.5) is 5.69 Å². The fourth-order valence-electron chi connectivity index (χ4n) is 4.40. The lowest BCUT2D eigenvalue weighted by Crippen LogP contribution is -2.23. The molecule has 1 N–H and O–H groups in total. The van der Waals surface area contributed by atoms with Gasteiger partial charge in [-0.3, -0.25) is 14.9 Å². The number of nitro groups is 1. The molecule has 0 aliphatic carbocycles. The lowest BCUT2D eigenvalue weighted by molar-refractivity contribution is -0.384. The van der Waals surface area contributed by atoms with E-state index >= 15 is 0 Å². The molecule has 9 nitrogen and oxygen atoms in total. The number of carbonyl (C=O) groups excluding carboxylic acids is 1. The van der Waals surface area contributed by atoms with E-state index in [4.69, 9.17) is 9.47 Å². The summed E-state index contributed by atoms with van der Waals surface area (Å²) in [6, 6.07) is 23.8. The molecule has 1 amide bonds. The van der Waals surface area contributed by atoms with Crippen LogP contribution >= 0.6 is 11.8 Å². The third-order valence-corrected chi connectivity index (χ3v) is 7.42. The molecule has 10 heteroatoms. The van der Waals surface area contributed by atoms with Crippen molar-refractivity contribution in [1.82, 2.24) is 9.88 Å². The van der Waals surface area contributed by atoms with E-state index in [1.54, 1.807) is 24.3 Å². The van der Waals surface area contributed by atoms with Gasteiger partial charge in [0.15, 0.2) is 11.5 Å². The van der Waals surface area contributed by atoms with Gasteiger partial charge in [-0.05, 0) is 85.6 Å². The van der Waals surface area contributed by atoms with E-state index in [-0.39, 0.29) is 24.6 Å². The quantitative estimate of drug-likeness (QED) is 0.121. The standard InChI is InChI=1S/C30H24N4O5S/c1-19-13-22(15-23(16-31)30(35)32-17-21-3-12-28-29(14-21)39-18-38-28)20(2)33(19)24-4-8-26(9-5-24)40-27-10-6-25(7-11-27)34(36)37/h3-15H,17-18H2,1-2H3,(H,32,35)/b23-15+. The molecule has 0 saturated heterocycles. The largest absolute Gasteiger partial charge is 0.454 e. The number of nitriles is 1. The molecule has 40 heavy (non-hydrogen) atoms. The average Bonchev–Trinajstić information content (AvgIpc) is 3.54. The van der Waals surface area contributed by atoms with Crippen molar-refractivity contribution >= 4 is 29.4 Å². The molecule has 200 valence electrons. The first kappa shape index (κ1) is 26.6. The van der Waals surface area contributed by atoms with Crippen LogP contribution in [-0.2, 0) is 11.3 Å². The van der Waals surface area contributed by atoms with E-state index in [1.165, 1.54) is 23.9 Å². The molecule has 5 rings (SSSR count). The van der Waals surface area contributed by atoms with Gasteiger partial charge in [0.1, 0.15) is 11.6 Å². The Balaban J connectivity index is 1.29. The number of aromatic nitrogens is 1. The van der Waals surface area contributed by atoms with E-state index in [2.05, 4.69) is 9.88 Å². The number of amides is 1. The average molecular weight is 553 g/mol. The second-order valence-corrected chi connectivity index (χ2v) is 10.2. The molecule has 0 bridgehead atoms. The van der Waals surface area contributed by atoms with Crippen LogP contribution in [0.2, 0.25) is 0 Å². The molecule has 0 unspecified atom stereocenters. The van der Waals surface area contributed by atoms with Crippen LogP contribution in [0, 0.1) is 35.3 Å². The minimum Gasteiger partial charge on any atom is -0.454 e. The monoisotopic (exact) mass is 552 g/mol. The topological polar surface area (TPSA) is 119 Å². The summed E-state index contributed by atoms with van der Waals surface area (Å²) < 4.78 is 12.8. The number of benzene rings is 3. The molecule has 1 aliphatic rings. The van der Waals surface area contributed by atoms with Gasteiger partial charge in [-0.2, -0.15) is 5.26 Å². The fourth-order valence-corrected chi connectivity index (χ4v) is 5.22. The SMILES string of the molecule is Cc1cc(/C=C(\C#N)C(=O)NCc2ccc3c(c2)OCO3)c(C)n1-c1ccc(Sc2ccc([N+](=O)[O-])cc2)cc1. The molecule has 1 aliphatic heterocycles. The van der Waals surface area contributed by atoms with Gasteiger partial charge in [0.25, 0.3) is 11.6 Å². The van der Waals surface area contributed by atoms with Crippen molar-refractivity contribution in [2.24, 2.45) is 0 Å². The molecule has 0 fully saturated rings. The summed E-state index contributed by atoms with van der Waals surface area (Å²) >= 11 is 1.51. The predicted octanol–water partition coefficient (Wildman–Crippen LogP) is 6.11. The van der Waals surface area contributed by atoms with Crippen molar-refractivity contribution in [2.45, 2.75) is 30.2 Å². The van der Waals surface area contributed by atoms with Crippen molar-refractivity contribution in [3.8, 4) is 23.3 Å². The first-order valence-electron chi connectivity index (χ1n) is 12.3. The van der Waals surface area contributed by atoms with Crippen molar-refractivity contribution in [3.05, 3.63) is 111 Å². The zero-order chi connectivity index (χ0) is 28.2. The zero-order valence-electron chi connectivity index (χ0n) is 21.7. The second kappa shape index (κ2) is 11.4. The van der Waals surface area contributed by atoms with Gasteiger partial charge in [0, 0.05) is 45.5 Å². The normalized spacial score (nSPS) is 12.2. The summed E-state index contributed by atoms with van der Waals surface area (Å²) in [6.45, 7) is 4.33. The van der Waals surface area contributed by atoms with Crippen molar-refractivity contribution in [3.63, 3.8) is 0 Å². The van der Waals surface area contributed by atoms with Crippen LogP contribution in [-0.4, -0.2) is 22.2 Å². The Morgan fingerprint density at radius 3 is 2.40 bits per heavy atom. The van der Waals surface area contributed by atoms with Crippen LogP contribution in [0.1, 0.15) is 22.5 Å². The van der Waals surface area contributed by atoms with Gasteiger partial charge < -0.3 is 19.4 Å². The molecule has 1 aromatic heterocycles. The number of hydrogen-bond acceptors (Lipinski definition) is 7. The summed E-state index contributed by atoms with van der Waals surface area (Å²) in [4.78, 5) is 25.1. The maximum Gasteiger partial charge on any atom is 0.269 e. The highest BCUT2D eigenvalue weighted by atomic mass is 32.2. The highest BCUT2D eigenvalue weighted by molar-refractivity contribution is 7.99. The van der Waals surface area contributed by atoms with E-state index in [1.807, 2.05) is 62.4 Å². The molecule has 4 aromatic rings. The van der Waals surface area contributed by atoms with Crippen molar-refractivity contribution in [2.75, 3.05) is 6.79 Å². The van der Waals surface area contributed by atoms with Gasteiger partial charge >= 0.3 is 0 Å². The van der Waals surface area contributed by atoms with Gasteiger partial charge in [-0.1, -0.05) is 17.8 Å².